The molecule has 0 saturated heterocycles. The number of hydrogen-bond donors (Lipinski definition) is 0. The lowest BCUT2D eigenvalue weighted by Crippen LogP contribution is -2.50. The zero-order chi connectivity index (χ0) is 12.5. The van der Waals surface area contributed by atoms with Gasteiger partial charge >= 0.3 is 0 Å². The molecule has 1 aliphatic carbocycles. The highest BCUT2D eigenvalue weighted by Crippen LogP contribution is 2.22. The number of ketones is 1. The van der Waals surface area contributed by atoms with Crippen LogP contribution in [0.4, 0.5) is 0 Å². The van der Waals surface area contributed by atoms with Crippen molar-refractivity contribution in [3.05, 3.63) is 0 Å². The first-order valence-corrected chi connectivity index (χ1v) is 6.12. The van der Waals surface area contributed by atoms with Crippen molar-refractivity contribution in [3.8, 4) is 0 Å². The molecule has 17 heavy (non-hydrogen) atoms. The SMILES string of the molecule is CCOC1C(=O)CC1OCCOCCCOC. The standard InChI is InChI=1S/C12H22O5/c1-3-16-12-10(13)9-11(12)17-8-7-15-6-4-5-14-2/h11-12H,3-9H2,1-2H3. The van der Waals surface area contributed by atoms with E-state index in [1.165, 1.54) is 0 Å². The second kappa shape index (κ2) is 8.58. The Labute approximate surface area is 102 Å². The number of methoxy groups -OCH3 is 1. The lowest BCUT2D eigenvalue weighted by Gasteiger charge is -2.34. The molecular formula is C12H22O5. The van der Waals surface area contributed by atoms with Crippen LogP contribution in [0.1, 0.15) is 19.8 Å². The molecule has 1 aliphatic rings. The normalized spacial score (nSPS) is 23.8. The van der Waals surface area contributed by atoms with Crippen molar-refractivity contribution in [2.24, 2.45) is 0 Å². The molecule has 0 aromatic heterocycles. The summed E-state index contributed by atoms with van der Waals surface area (Å²) in [5.74, 6) is 0.137. The third kappa shape index (κ3) is 5.12. The zero-order valence-electron chi connectivity index (χ0n) is 10.6. The van der Waals surface area contributed by atoms with Gasteiger partial charge in [0.2, 0.25) is 0 Å². The minimum Gasteiger partial charge on any atom is -0.385 e. The van der Waals surface area contributed by atoms with Crippen LogP contribution in [-0.2, 0) is 23.7 Å². The Kier molecular flexibility index (Phi) is 7.35. The highest BCUT2D eigenvalue weighted by Gasteiger charge is 2.41. The van der Waals surface area contributed by atoms with Crippen LogP contribution in [-0.4, -0.2) is 58.1 Å². The summed E-state index contributed by atoms with van der Waals surface area (Å²) in [6.45, 7) is 4.87. The van der Waals surface area contributed by atoms with Gasteiger partial charge in [-0.3, -0.25) is 4.79 Å². The molecule has 100 valence electrons. The zero-order valence-corrected chi connectivity index (χ0v) is 10.6. The van der Waals surface area contributed by atoms with E-state index in [0.29, 0.717) is 39.5 Å². The van der Waals surface area contributed by atoms with Crippen molar-refractivity contribution in [1.82, 2.24) is 0 Å². The summed E-state index contributed by atoms with van der Waals surface area (Å²) in [6.07, 6.45) is 0.924. The van der Waals surface area contributed by atoms with Crippen molar-refractivity contribution < 1.29 is 23.7 Å². The van der Waals surface area contributed by atoms with Crippen LogP contribution >= 0.6 is 0 Å². The topological polar surface area (TPSA) is 54.0 Å². The molecule has 0 aliphatic heterocycles. The van der Waals surface area contributed by atoms with Gasteiger partial charge in [-0.05, 0) is 13.3 Å². The summed E-state index contributed by atoms with van der Waals surface area (Å²) in [7, 11) is 1.67. The Morgan fingerprint density at radius 3 is 2.65 bits per heavy atom. The van der Waals surface area contributed by atoms with Gasteiger partial charge in [0, 0.05) is 33.4 Å². The van der Waals surface area contributed by atoms with E-state index in [-0.39, 0.29) is 18.0 Å². The van der Waals surface area contributed by atoms with Gasteiger partial charge in [0.1, 0.15) is 6.10 Å². The predicted molar refractivity (Wildman–Crippen MR) is 62.1 cm³/mol. The first-order valence-electron chi connectivity index (χ1n) is 6.12. The largest absolute Gasteiger partial charge is 0.385 e. The summed E-state index contributed by atoms with van der Waals surface area (Å²) in [4.78, 5) is 11.2. The van der Waals surface area contributed by atoms with E-state index >= 15 is 0 Å². The number of carbonyl (C=O) groups is 1. The van der Waals surface area contributed by atoms with Gasteiger partial charge in [0.25, 0.3) is 0 Å². The molecule has 0 aromatic carbocycles. The van der Waals surface area contributed by atoms with Gasteiger partial charge in [-0.25, -0.2) is 0 Å². The van der Waals surface area contributed by atoms with Crippen molar-refractivity contribution >= 4 is 5.78 Å². The molecule has 5 heteroatoms. The fraction of sp³-hybridized carbons (Fsp3) is 0.917. The van der Waals surface area contributed by atoms with Crippen LogP contribution in [0.2, 0.25) is 0 Å². The van der Waals surface area contributed by atoms with Crippen molar-refractivity contribution in [2.45, 2.75) is 32.0 Å². The first-order chi connectivity index (χ1) is 8.29. The fourth-order valence-electron chi connectivity index (χ4n) is 1.66. The molecule has 0 heterocycles. The van der Waals surface area contributed by atoms with Gasteiger partial charge in [-0.1, -0.05) is 0 Å². The minimum atomic E-state index is -0.353. The Morgan fingerprint density at radius 2 is 2.00 bits per heavy atom. The van der Waals surface area contributed by atoms with Crippen LogP contribution in [0, 0.1) is 0 Å². The van der Waals surface area contributed by atoms with E-state index in [1.807, 2.05) is 6.92 Å². The molecule has 0 aromatic rings. The van der Waals surface area contributed by atoms with E-state index in [0.717, 1.165) is 6.42 Å². The number of carbonyl (C=O) groups excluding carboxylic acids is 1. The highest BCUT2D eigenvalue weighted by molar-refractivity contribution is 5.90. The lowest BCUT2D eigenvalue weighted by molar-refractivity contribution is -0.166. The van der Waals surface area contributed by atoms with E-state index in [9.17, 15) is 4.79 Å². The molecule has 0 radical (unpaired) electrons. The molecule has 1 fully saturated rings. The smallest absolute Gasteiger partial charge is 0.166 e. The van der Waals surface area contributed by atoms with Gasteiger partial charge < -0.3 is 18.9 Å². The van der Waals surface area contributed by atoms with Crippen LogP contribution in [0.5, 0.6) is 0 Å². The third-order valence-electron chi connectivity index (χ3n) is 2.60. The monoisotopic (exact) mass is 246 g/mol. The summed E-state index contributed by atoms with van der Waals surface area (Å²) in [5.41, 5.74) is 0. The average Bonchev–Trinajstić information content (AvgIpc) is 2.33. The minimum absolute atomic E-state index is 0.0787. The number of hydrogen-bond acceptors (Lipinski definition) is 5. The van der Waals surface area contributed by atoms with Crippen molar-refractivity contribution in [1.29, 1.82) is 0 Å². The summed E-state index contributed by atoms with van der Waals surface area (Å²) in [5, 5.41) is 0. The Hall–Kier alpha value is -0.490. The van der Waals surface area contributed by atoms with Crippen LogP contribution in [0.25, 0.3) is 0 Å². The van der Waals surface area contributed by atoms with Gasteiger partial charge in [-0.15, -0.1) is 0 Å². The Morgan fingerprint density at radius 1 is 1.18 bits per heavy atom. The molecule has 0 amide bonds. The maximum absolute atomic E-state index is 11.2. The van der Waals surface area contributed by atoms with Crippen molar-refractivity contribution in [2.75, 3.05) is 40.1 Å². The molecule has 1 saturated carbocycles. The maximum atomic E-state index is 11.2. The summed E-state index contributed by atoms with van der Waals surface area (Å²) in [6, 6.07) is 0. The second-order valence-electron chi connectivity index (χ2n) is 3.91. The molecular weight excluding hydrogens is 224 g/mol. The quantitative estimate of drug-likeness (QED) is 0.534. The molecule has 1 rings (SSSR count). The molecule has 0 spiro atoms. The van der Waals surface area contributed by atoms with Crippen LogP contribution in [0.15, 0.2) is 0 Å². The van der Waals surface area contributed by atoms with Crippen LogP contribution in [0.3, 0.4) is 0 Å². The number of rotatable bonds is 10. The van der Waals surface area contributed by atoms with Crippen LogP contribution < -0.4 is 0 Å². The third-order valence-corrected chi connectivity index (χ3v) is 2.60. The Balaban J connectivity index is 1.94. The first kappa shape index (κ1) is 14.6. The van der Waals surface area contributed by atoms with E-state index < -0.39 is 0 Å². The van der Waals surface area contributed by atoms with Gasteiger partial charge in [0.05, 0.1) is 19.3 Å². The average molecular weight is 246 g/mol. The summed E-state index contributed by atoms with van der Waals surface area (Å²) < 4.78 is 21.0. The molecule has 5 nitrogen and oxygen atoms in total. The lowest BCUT2D eigenvalue weighted by atomic mass is 9.90. The second-order valence-corrected chi connectivity index (χ2v) is 3.91. The molecule has 0 N–H and O–H groups in total. The highest BCUT2D eigenvalue weighted by atomic mass is 16.6. The molecule has 2 atom stereocenters. The maximum Gasteiger partial charge on any atom is 0.166 e. The van der Waals surface area contributed by atoms with E-state index in [2.05, 4.69) is 0 Å². The van der Waals surface area contributed by atoms with Crippen molar-refractivity contribution in [3.63, 3.8) is 0 Å². The predicted octanol–water partition coefficient (Wildman–Crippen LogP) is 0.803. The van der Waals surface area contributed by atoms with E-state index in [4.69, 9.17) is 18.9 Å². The molecule has 2 unspecified atom stereocenters. The Bertz CT molecular complexity index is 219. The van der Waals surface area contributed by atoms with Gasteiger partial charge in [0.15, 0.2) is 5.78 Å². The number of ether oxygens (including phenoxy) is 4. The molecule has 0 bridgehead atoms. The fourth-order valence-corrected chi connectivity index (χ4v) is 1.66. The van der Waals surface area contributed by atoms with Gasteiger partial charge in [-0.2, -0.15) is 0 Å². The number of Topliss-reactive ketones (excluding diaryl/α,β-unsaturated/α-hetero) is 1. The van der Waals surface area contributed by atoms with E-state index in [1.54, 1.807) is 7.11 Å². The summed E-state index contributed by atoms with van der Waals surface area (Å²) >= 11 is 0.